The van der Waals surface area contributed by atoms with Crippen LogP contribution in [0.3, 0.4) is 0 Å². The summed E-state index contributed by atoms with van der Waals surface area (Å²) in [7, 11) is 2.04. The first-order valence-corrected chi connectivity index (χ1v) is 7.18. The molecule has 0 aliphatic rings. The van der Waals surface area contributed by atoms with Crippen molar-refractivity contribution in [3.8, 4) is 0 Å². The third kappa shape index (κ3) is 3.84. The van der Waals surface area contributed by atoms with Crippen molar-refractivity contribution in [3.05, 3.63) is 48.0 Å². The minimum Gasteiger partial charge on any atom is -0.371 e. The molecule has 2 N–H and O–H groups in total. The van der Waals surface area contributed by atoms with Crippen LogP contribution < -0.4 is 10.6 Å². The zero-order valence-corrected chi connectivity index (χ0v) is 12.4. The largest absolute Gasteiger partial charge is 0.371 e. The summed E-state index contributed by atoms with van der Waals surface area (Å²) in [6, 6.07) is 8.64. The summed E-state index contributed by atoms with van der Waals surface area (Å²) in [6.07, 6.45) is 5.80. The fraction of sp³-hybridized carbons (Fsp3) is 0.438. The van der Waals surface area contributed by atoms with Gasteiger partial charge >= 0.3 is 0 Å². The molecule has 0 amide bonds. The molecule has 108 valence electrons. The quantitative estimate of drug-likeness (QED) is 0.840. The highest BCUT2D eigenvalue weighted by Crippen LogP contribution is 2.16. The van der Waals surface area contributed by atoms with Gasteiger partial charge in [0.05, 0.1) is 0 Å². The van der Waals surface area contributed by atoms with Crippen molar-refractivity contribution in [2.24, 2.45) is 12.8 Å². The van der Waals surface area contributed by atoms with Crippen LogP contribution >= 0.6 is 0 Å². The van der Waals surface area contributed by atoms with E-state index < -0.39 is 0 Å². The van der Waals surface area contributed by atoms with Gasteiger partial charge in [-0.1, -0.05) is 12.1 Å². The molecule has 0 saturated heterocycles. The van der Waals surface area contributed by atoms with E-state index in [1.807, 2.05) is 19.4 Å². The summed E-state index contributed by atoms with van der Waals surface area (Å²) in [6.45, 7) is 4.81. The predicted octanol–water partition coefficient (Wildman–Crippen LogP) is 2.13. The Morgan fingerprint density at radius 1 is 1.30 bits per heavy atom. The molecule has 4 nitrogen and oxygen atoms in total. The van der Waals surface area contributed by atoms with Gasteiger partial charge < -0.3 is 15.2 Å². The fourth-order valence-corrected chi connectivity index (χ4v) is 2.35. The van der Waals surface area contributed by atoms with Gasteiger partial charge in [-0.3, -0.25) is 0 Å². The average Bonchev–Trinajstić information content (AvgIpc) is 2.84. The number of anilines is 1. The van der Waals surface area contributed by atoms with Gasteiger partial charge in [0.1, 0.15) is 5.82 Å². The molecule has 0 aliphatic heterocycles. The predicted molar refractivity (Wildman–Crippen MR) is 84.0 cm³/mol. The lowest BCUT2D eigenvalue weighted by molar-refractivity contribution is 0.697. The zero-order valence-electron chi connectivity index (χ0n) is 12.4. The Labute approximate surface area is 121 Å². The van der Waals surface area contributed by atoms with Crippen LogP contribution in [0, 0.1) is 6.92 Å². The maximum atomic E-state index is 5.66. The standard InChI is InChI=1S/C16H24N4/c1-14-5-3-6-15(13-14)20(10-4-8-17)11-7-16-18-9-12-19(16)2/h3,5-6,9,12-13H,4,7-8,10-11,17H2,1-2H3. The van der Waals surface area contributed by atoms with E-state index in [2.05, 4.69) is 45.6 Å². The van der Waals surface area contributed by atoms with E-state index in [0.717, 1.165) is 38.3 Å². The molecule has 0 bridgehead atoms. The first-order chi connectivity index (χ1) is 9.70. The first kappa shape index (κ1) is 14.6. The molecule has 0 fully saturated rings. The van der Waals surface area contributed by atoms with Crippen molar-refractivity contribution < 1.29 is 0 Å². The van der Waals surface area contributed by atoms with Gasteiger partial charge in [0.15, 0.2) is 0 Å². The lowest BCUT2D eigenvalue weighted by Gasteiger charge is -2.25. The average molecular weight is 272 g/mol. The summed E-state index contributed by atoms with van der Waals surface area (Å²) in [5.74, 6) is 1.12. The zero-order chi connectivity index (χ0) is 14.4. The van der Waals surface area contributed by atoms with Crippen molar-refractivity contribution >= 4 is 5.69 Å². The molecule has 0 spiro atoms. The first-order valence-electron chi connectivity index (χ1n) is 7.18. The Morgan fingerprint density at radius 3 is 2.80 bits per heavy atom. The van der Waals surface area contributed by atoms with Crippen LogP contribution in [0.2, 0.25) is 0 Å². The van der Waals surface area contributed by atoms with Gasteiger partial charge in [0.25, 0.3) is 0 Å². The van der Waals surface area contributed by atoms with E-state index in [4.69, 9.17) is 5.73 Å². The summed E-state index contributed by atoms with van der Waals surface area (Å²) in [5, 5.41) is 0. The smallest absolute Gasteiger partial charge is 0.110 e. The minimum absolute atomic E-state index is 0.727. The number of nitrogens with two attached hydrogens (primary N) is 1. The molecule has 0 aliphatic carbocycles. The monoisotopic (exact) mass is 272 g/mol. The molecular formula is C16H24N4. The molecule has 1 aromatic carbocycles. The van der Waals surface area contributed by atoms with Crippen molar-refractivity contribution in [2.45, 2.75) is 19.8 Å². The number of benzene rings is 1. The molecule has 1 heterocycles. The number of hydrogen-bond donors (Lipinski definition) is 1. The van der Waals surface area contributed by atoms with Crippen molar-refractivity contribution in [3.63, 3.8) is 0 Å². The molecule has 0 radical (unpaired) electrons. The second kappa shape index (κ2) is 7.10. The van der Waals surface area contributed by atoms with Crippen molar-refractivity contribution in [2.75, 3.05) is 24.5 Å². The molecular weight excluding hydrogens is 248 g/mol. The number of hydrogen-bond acceptors (Lipinski definition) is 3. The number of rotatable bonds is 7. The Hall–Kier alpha value is -1.81. The summed E-state index contributed by atoms with van der Waals surface area (Å²) in [4.78, 5) is 6.79. The Bertz CT molecular complexity index is 533. The topological polar surface area (TPSA) is 47.1 Å². The highest BCUT2D eigenvalue weighted by Gasteiger charge is 2.08. The normalized spacial score (nSPS) is 10.8. The fourth-order valence-electron chi connectivity index (χ4n) is 2.35. The number of nitrogens with zero attached hydrogens (tertiary/aromatic N) is 3. The van der Waals surface area contributed by atoms with Crippen LogP contribution in [0.1, 0.15) is 17.8 Å². The highest BCUT2D eigenvalue weighted by molar-refractivity contribution is 5.48. The molecule has 0 saturated carbocycles. The van der Waals surface area contributed by atoms with Crippen LogP contribution in [0.5, 0.6) is 0 Å². The molecule has 0 unspecified atom stereocenters. The number of aromatic nitrogens is 2. The van der Waals surface area contributed by atoms with Gasteiger partial charge in [-0.05, 0) is 37.6 Å². The van der Waals surface area contributed by atoms with Gasteiger partial charge in [-0.2, -0.15) is 0 Å². The molecule has 1 aromatic heterocycles. The second-order valence-corrected chi connectivity index (χ2v) is 5.17. The molecule has 0 atom stereocenters. The van der Waals surface area contributed by atoms with Crippen LogP contribution in [0.4, 0.5) is 5.69 Å². The molecule has 4 heteroatoms. The van der Waals surface area contributed by atoms with Gasteiger partial charge in [0, 0.05) is 44.6 Å². The van der Waals surface area contributed by atoms with Crippen LogP contribution in [-0.4, -0.2) is 29.2 Å². The van der Waals surface area contributed by atoms with Crippen LogP contribution in [-0.2, 0) is 13.5 Å². The SMILES string of the molecule is Cc1cccc(N(CCCN)CCc2nccn2C)c1. The Kier molecular flexibility index (Phi) is 5.18. The number of aryl methyl sites for hydroxylation is 2. The summed E-state index contributed by atoms with van der Waals surface area (Å²) in [5.41, 5.74) is 8.22. The van der Waals surface area contributed by atoms with Crippen molar-refractivity contribution in [1.82, 2.24) is 9.55 Å². The molecule has 2 aromatic rings. The maximum absolute atomic E-state index is 5.66. The van der Waals surface area contributed by atoms with Gasteiger partial charge in [0.2, 0.25) is 0 Å². The van der Waals surface area contributed by atoms with E-state index in [0.29, 0.717) is 0 Å². The van der Waals surface area contributed by atoms with Gasteiger partial charge in [-0.15, -0.1) is 0 Å². The van der Waals surface area contributed by atoms with Gasteiger partial charge in [-0.25, -0.2) is 4.98 Å². The summed E-state index contributed by atoms with van der Waals surface area (Å²) < 4.78 is 2.08. The van der Waals surface area contributed by atoms with E-state index >= 15 is 0 Å². The van der Waals surface area contributed by atoms with E-state index in [1.165, 1.54) is 11.3 Å². The van der Waals surface area contributed by atoms with Crippen molar-refractivity contribution in [1.29, 1.82) is 0 Å². The lowest BCUT2D eigenvalue weighted by atomic mass is 10.2. The third-order valence-electron chi connectivity index (χ3n) is 3.53. The maximum Gasteiger partial charge on any atom is 0.110 e. The van der Waals surface area contributed by atoms with E-state index in [-0.39, 0.29) is 0 Å². The Morgan fingerprint density at radius 2 is 2.15 bits per heavy atom. The Balaban J connectivity index is 2.05. The number of imidazole rings is 1. The summed E-state index contributed by atoms with van der Waals surface area (Å²) >= 11 is 0. The lowest BCUT2D eigenvalue weighted by Crippen LogP contribution is -2.29. The van der Waals surface area contributed by atoms with E-state index in [9.17, 15) is 0 Å². The minimum atomic E-state index is 0.727. The van der Waals surface area contributed by atoms with Crippen LogP contribution in [0.15, 0.2) is 36.7 Å². The molecule has 2 rings (SSSR count). The third-order valence-corrected chi connectivity index (χ3v) is 3.53. The molecule has 20 heavy (non-hydrogen) atoms. The van der Waals surface area contributed by atoms with E-state index in [1.54, 1.807) is 0 Å². The van der Waals surface area contributed by atoms with Crippen LogP contribution in [0.25, 0.3) is 0 Å². The highest BCUT2D eigenvalue weighted by atomic mass is 15.1. The second-order valence-electron chi connectivity index (χ2n) is 5.17.